The molecule has 2 rings (SSSR count). The zero-order valence-corrected chi connectivity index (χ0v) is 10.6. The predicted molar refractivity (Wildman–Crippen MR) is 66.2 cm³/mol. The monoisotopic (exact) mass is 300 g/mol. The first-order valence-corrected chi connectivity index (χ1v) is 6.14. The Labute approximate surface area is 104 Å². The van der Waals surface area contributed by atoms with Crippen LogP contribution >= 0.6 is 27.3 Å². The summed E-state index contributed by atoms with van der Waals surface area (Å²) in [7, 11) is 0. The van der Waals surface area contributed by atoms with Crippen molar-refractivity contribution in [3.05, 3.63) is 32.6 Å². The van der Waals surface area contributed by atoms with Crippen LogP contribution < -0.4 is 11.1 Å². The molecule has 84 valence electrons. The molecule has 2 heterocycles. The number of nitrogens with zero attached hydrogens (tertiary/aromatic N) is 1. The molecule has 0 radical (unpaired) electrons. The van der Waals surface area contributed by atoms with Gasteiger partial charge in [0.1, 0.15) is 11.4 Å². The van der Waals surface area contributed by atoms with E-state index in [1.165, 1.54) is 6.20 Å². The first kappa shape index (κ1) is 11.2. The van der Waals surface area contributed by atoms with Gasteiger partial charge in [-0.05, 0) is 27.4 Å². The van der Waals surface area contributed by atoms with Crippen LogP contribution in [0.4, 0.5) is 5.82 Å². The molecule has 0 aromatic carbocycles. The third kappa shape index (κ3) is 2.25. The average Bonchev–Trinajstić information content (AvgIpc) is 2.84. The highest BCUT2D eigenvalue weighted by Gasteiger charge is 2.11. The molecule has 5 nitrogen and oxygen atoms in total. The molecule has 0 aliphatic carbocycles. The van der Waals surface area contributed by atoms with Crippen LogP contribution in [-0.4, -0.2) is 16.1 Å². The summed E-state index contributed by atoms with van der Waals surface area (Å²) in [4.78, 5) is 12.7. The Morgan fingerprint density at radius 2 is 2.50 bits per heavy atom. The number of thiophene rings is 1. The normalized spacial score (nSPS) is 10.3. The highest BCUT2D eigenvalue weighted by molar-refractivity contribution is 9.10. The molecule has 4 N–H and O–H groups in total. The Morgan fingerprint density at radius 1 is 1.69 bits per heavy atom. The van der Waals surface area contributed by atoms with E-state index in [4.69, 9.17) is 5.73 Å². The summed E-state index contributed by atoms with van der Waals surface area (Å²) in [6.07, 6.45) is 1.41. The minimum atomic E-state index is -0.230. The number of anilines is 1. The number of rotatable bonds is 3. The van der Waals surface area contributed by atoms with E-state index in [2.05, 4.69) is 31.4 Å². The largest absolute Gasteiger partial charge is 0.383 e. The summed E-state index contributed by atoms with van der Waals surface area (Å²) >= 11 is 4.97. The molecule has 0 spiro atoms. The van der Waals surface area contributed by atoms with Crippen molar-refractivity contribution in [3.8, 4) is 0 Å². The molecule has 0 aliphatic rings. The number of nitrogen functional groups attached to an aromatic ring is 1. The van der Waals surface area contributed by atoms with Crippen molar-refractivity contribution in [2.75, 3.05) is 5.73 Å². The van der Waals surface area contributed by atoms with E-state index >= 15 is 0 Å². The van der Waals surface area contributed by atoms with Gasteiger partial charge in [-0.3, -0.25) is 9.89 Å². The van der Waals surface area contributed by atoms with Crippen LogP contribution in [0.5, 0.6) is 0 Å². The second kappa shape index (κ2) is 4.67. The summed E-state index contributed by atoms with van der Waals surface area (Å²) < 4.78 is 0.998. The van der Waals surface area contributed by atoms with Gasteiger partial charge in [-0.25, -0.2) is 0 Å². The number of carbonyl (C=O) groups excluding carboxylic acids is 1. The minimum Gasteiger partial charge on any atom is -0.383 e. The molecule has 0 fully saturated rings. The van der Waals surface area contributed by atoms with Crippen LogP contribution in [0, 0.1) is 0 Å². The highest BCUT2D eigenvalue weighted by atomic mass is 79.9. The smallest absolute Gasteiger partial charge is 0.256 e. The maximum absolute atomic E-state index is 11.7. The van der Waals surface area contributed by atoms with Crippen molar-refractivity contribution in [2.45, 2.75) is 6.54 Å². The number of halogens is 1. The highest BCUT2D eigenvalue weighted by Crippen LogP contribution is 2.22. The van der Waals surface area contributed by atoms with Gasteiger partial charge in [0.2, 0.25) is 0 Å². The Balaban J connectivity index is 1.99. The Kier molecular flexibility index (Phi) is 3.25. The number of hydrogen-bond donors (Lipinski definition) is 3. The van der Waals surface area contributed by atoms with E-state index < -0.39 is 0 Å². The van der Waals surface area contributed by atoms with Crippen molar-refractivity contribution >= 4 is 39.0 Å². The van der Waals surface area contributed by atoms with Gasteiger partial charge in [0.25, 0.3) is 5.91 Å². The van der Waals surface area contributed by atoms with E-state index in [0.29, 0.717) is 12.1 Å². The van der Waals surface area contributed by atoms with E-state index in [-0.39, 0.29) is 11.7 Å². The lowest BCUT2D eigenvalue weighted by molar-refractivity contribution is 0.0952. The lowest BCUT2D eigenvalue weighted by Crippen LogP contribution is -2.22. The summed E-state index contributed by atoms with van der Waals surface area (Å²) in [6, 6.07) is 1.94. The lowest BCUT2D eigenvalue weighted by Gasteiger charge is -2.02. The summed E-state index contributed by atoms with van der Waals surface area (Å²) in [6.45, 7) is 0.474. The van der Waals surface area contributed by atoms with Gasteiger partial charge in [-0.2, -0.15) is 5.10 Å². The number of nitrogens with two attached hydrogens (primary N) is 1. The van der Waals surface area contributed by atoms with Gasteiger partial charge >= 0.3 is 0 Å². The first-order valence-electron chi connectivity index (χ1n) is 4.47. The summed E-state index contributed by atoms with van der Waals surface area (Å²) in [5.74, 6) is 0.0503. The van der Waals surface area contributed by atoms with Gasteiger partial charge < -0.3 is 11.1 Å². The van der Waals surface area contributed by atoms with Gasteiger partial charge in [0.05, 0.1) is 12.7 Å². The Bertz CT molecular complexity index is 507. The van der Waals surface area contributed by atoms with Crippen LogP contribution in [0.25, 0.3) is 0 Å². The van der Waals surface area contributed by atoms with Gasteiger partial charge in [0.15, 0.2) is 0 Å². The third-order valence-electron chi connectivity index (χ3n) is 2.01. The Morgan fingerprint density at radius 3 is 3.06 bits per heavy atom. The molecule has 0 aliphatic heterocycles. The van der Waals surface area contributed by atoms with Crippen molar-refractivity contribution in [2.24, 2.45) is 0 Å². The molecule has 2 aromatic rings. The van der Waals surface area contributed by atoms with Gasteiger partial charge in [-0.15, -0.1) is 11.3 Å². The van der Waals surface area contributed by atoms with Crippen LogP contribution in [0.3, 0.4) is 0 Å². The van der Waals surface area contributed by atoms with Gasteiger partial charge in [0, 0.05) is 9.35 Å². The third-order valence-corrected chi connectivity index (χ3v) is 3.94. The van der Waals surface area contributed by atoms with E-state index in [1.54, 1.807) is 11.3 Å². The zero-order valence-electron chi connectivity index (χ0n) is 8.16. The predicted octanol–water partition coefficient (Wildman–Crippen LogP) is 1.75. The number of aromatic amines is 1. The summed E-state index contributed by atoms with van der Waals surface area (Å²) in [5.41, 5.74) is 5.90. The van der Waals surface area contributed by atoms with Crippen molar-refractivity contribution < 1.29 is 4.79 Å². The maximum atomic E-state index is 11.7. The van der Waals surface area contributed by atoms with E-state index in [0.717, 1.165) is 9.35 Å². The molecule has 0 atom stereocenters. The van der Waals surface area contributed by atoms with E-state index in [9.17, 15) is 4.79 Å². The SMILES string of the molecule is Nc1[nH]ncc1C(=O)NCc1sccc1Br. The molecular formula is C9H9BrN4OS. The minimum absolute atomic E-state index is 0.230. The Hall–Kier alpha value is -1.34. The van der Waals surface area contributed by atoms with Crippen LogP contribution in [-0.2, 0) is 6.54 Å². The van der Waals surface area contributed by atoms with Crippen LogP contribution in [0.2, 0.25) is 0 Å². The molecule has 7 heteroatoms. The fourth-order valence-electron chi connectivity index (χ4n) is 1.18. The quantitative estimate of drug-likeness (QED) is 0.807. The topological polar surface area (TPSA) is 83.8 Å². The molecule has 16 heavy (non-hydrogen) atoms. The molecule has 0 unspecified atom stereocenters. The van der Waals surface area contributed by atoms with E-state index in [1.807, 2.05) is 11.4 Å². The fraction of sp³-hybridized carbons (Fsp3) is 0.111. The van der Waals surface area contributed by atoms with Crippen molar-refractivity contribution in [1.82, 2.24) is 15.5 Å². The maximum Gasteiger partial charge on any atom is 0.256 e. The second-order valence-electron chi connectivity index (χ2n) is 3.07. The van der Waals surface area contributed by atoms with Gasteiger partial charge in [-0.1, -0.05) is 0 Å². The molecule has 1 amide bonds. The number of carbonyl (C=O) groups is 1. The molecule has 2 aromatic heterocycles. The molecule has 0 saturated carbocycles. The molecule has 0 bridgehead atoms. The number of hydrogen-bond acceptors (Lipinski definition) is 4. The molecular weight excluding hydrogens is 292 g/mol. The molecule has 0 saturated heterocycles. The van der Waals surface area contributed by atoms with Crippen molar-refractivity contribution in [1.29, 1.82) is 0 Å². The second-order valence-corrected chi connectivity index (χ2v) is 4.93. The number of amides is 1. The summed E-state index contributed by atoms with van der Waals surface area (Å²) in [5, 5.41) is 10.9. The number of nitrogens with one attached hydrogen (secondary N) is 2. The lowest BCUT2D eigenvalue weighted by atomic mass is 10.3. The zero-order chi connectivity index (χ0) is 11.5. The van der Waals surface area contributed by atoms with Crippen molar-refractivity contribution in [3.63, 3.8) is 0 Å². The number of aromatic nitrogens is 2. The van der Waals surface area contributed by atoms with Crippen LogP contribution in [0.1, 0.15) is 15.2 Å². The van der Waals surface area contributed by atoms with Crippen LogP contribution in [0.15, 0.2) is 22.1 Å². The number of H-pyrrole nitrogens is 1. The fourth-order valence-corrected chi connectivity index (χ4v) is 2.62. The first-order chi connectivity index (χ1) is 7.68. The standard InChI is InChI=1S/C9H9BrN4OS/c10-6-1-2-16-7(6)4-12-9(15)5-3-13-14-8(5)11/h1-3H,4H2,(H,12,15)(H3,11,13,14). The average molecular weight is 301 g/mol.